The maximum absolute atomic E-state index is 5.53. The Bertz CT molecular complexity index is 548. The van der Waals surface area contributed by atoms with E-state index in [0.717, 1.165) is 17.2 Å². The van der Waals surface area contributed by atoms with Crippen molar-refractivity contribution in [1.29, 1.82) is 0 Å². The lowest BCUT2D eigenvalue weighted by Gasteiger charge is -2.17. The third kappa shape index (κ3) is 2.87. The van der Waals surface area contributed by atoms with E-state index in [2.05, 4.69) is 9.88 Å². The van der Waals surface area contributed by atoms with Gasteiger partial charge in [-0.05, 0) is 31.2 Å². The summed E-state index contributed by atoms with van der Waals surface area (Å²) in [6.07, 6.45) is 1.75. The molecule has 0 unspecified atom stereocenters. The zero-order valence-corrected chi connectivity index (χ0v) is 11.2. The molecule has 2 heterocycles. The van der Waals surface area contributed by atoms with Gasteiger partial charge in [0.05, 0.1) is 24.1 Å². The van der Waals surface area contributed by atoms with E-state index in [1.54, 1.807) is 6.20 Å². The maximum Gasteiger partial charge on any atom is 0.123 e. The molecule has 0 spiro atoms. The normalized spacial score (nSPS) is 10.3. The van der Waals surface area contributed by atoms with Gasteiger partial charge in [-0.25, -0.2) is 0 Å². The number of rotatable bonds is 4. The van der Waals surface area contributed by atoms with Crippen molar-refractivity contribution in [3.05, 3.63) is 47.7 Å². The maximum atomic E-state index is 5.53. The summed E-state index contributed by atoms with van der Waals surface area (Å²) in [6.45, 7) is 2.63. The van der Waals surface area contributed by atoms with E-state index in [4.69, 9.17) is 22.4 Å². The van der Waals surface area contributed by atoms with Crippen LogP contribution in [0.5, 0.6) is 0 Å². The molecule has 0 aliphatic heterocycles. The number of aromatic nitrogens is 1. The largest absolute Gasteiger partial charge is 0.464 e. The van der Waals surface area contributed by atoms with E-state index >= 15 is 0 Å². The zero-order chi connectivity index (χ0) is 13.1. The summed E-state index contributed by atoms with van der Waals surface area (Å²) in [6, 6.07) is 7.69. The minimum Gasteiger partial charge on any atom is -0.464 e. The molecule has 0 saturated carbocycles. The molecule has 2 rings (SSSR count). The van der Waals surface area contributed by atoms with Gasteiger partial charge in [-0.3, -0.25) is 4.98 Å². The molecule has 4 nitrogen and oxygen atoms in total. The van der Waals surface area contributed by atoms with Crippen LogP contribution in [0.2, 0.25) is 0 Å². The van der Waals surface area contributed by atoms with Crippen LogP contribution in [0.25, 0.3) is 0 Å². The minimum atomic E-state index is 0.311. The van der Waals surface area contributed by atoms with Gasteiger partial charge in [0, 0.05) is 7.05 Å². The van der Waals surface area contributed by atoms with Crippen LogP contribution in [0.4, 0.5) is 5.69 Å². The Morgan fingerprint density at radius 1 is 1.39 bits per heavy atom. The second kappa shape index (κ2) is 5.18. The van der Waals surface area contributed by atoms with E-state index in [9.17, 15) is 0 Å². The predicted octanol–water partition coefficient (Wildman–Crippen LogP) is 2.25. The average Bonchev–Trinajstić information content (AvgIpc) is 2.75. The topological polar surface area (TPSA) is 55.3 Å². The first-order chi connectivity index (χ1) is 8.56. The number of hydrogen-bond acceptors (Lipinski definition) is 4. The fourth-order valence-corrected chi connectivity index (χ4v) is 1.77. The van der Waals surface area contributed by atoms with Crippen molar-refractivity contribution in [3.63, 3.8) is 0 Å². The number of aryl methyl sites for hydroxylation is 1. The number of furan rings is 1. The average molecular weight is 261 g/mol. The third-order valence-electron chi connectivity index (χ3n) is 2.63. The monoisotopic (exact) mass is 261 g/mol. The van der Waals surface area contributed by atoms with Crippen LogP contribution in [-0.4, -0.2) is 17.0 Å². The Morgan fingerprint density at radius 2 is 2.17 bits per heavy atom. The molecule has 0 fully saturated rings. The highest BCUT2D eigenvalue weighted by Gasteiger charge is 2.06. The highest BCUT2D eigenvalue weighted by Crippen LogP contribution is 2.16. The molecule has 0 aliphatic carbocycles. The SMILES string of the molecule is Cc1ccc(CN(C)c2ccc(C(N)=S)nc2)o1. The molecular formula is C13H15N3OS. The van der Waals surface area contributed by atoms with Crippen molar-refractivity contribution in [2.75, 3.05) is 11.9 Å². The van der Waals surface area contributed by atoms with Crippen molar-refractivity contribution in [2.45, 2.75) is 13.5 Å². The van der Waals surface area contributed by atoms with Gasteiger partial charge in [-0.15, -0.1) is 0 Å². The zero-order valence-electron chi connectivity index (χ0n) is 10.4. The van der Waals surface area contributed by atoms with Crippen molar-refractivity contribution in [3.8, 4) is 0 Å². The van der Waals surface area contributed by atoms with Crippen LogP contribution >= 0.6 is 12.2 Å². The lowest BCUT2D eigenvalue weighted by atomic mass is 10.3. The number of nitrogens with zero attached hydrogens (tertiary/aromatic N) is 2. The number of anilines is 1. The number of hydrogen-bond donors (Lipinski definition) is 1. The summed E-state index contributed by atoms with van der Waals surface area (Å²) >= 11 is 4.87. The van der Waals surface area contributed by atoms with Crippen LogP contribution < -0.4 is 10.6 Å². The third-order valence-corrected chi connectivity index (χ3v) is 2.84. The quantitative estimate of drug-likeness (QED) is 0.855. The first-order valence-electron chi connectivity index (χ1n) is 5.58. The summed E-state index contributed by atoms with van der Waals surface area (Å²) < 4.78 is 5.53. The first-order valence-corrected chi connectivity index (χ1v) is 5.99. The number of thiocarbonyl (C=S) groups is 1. The van der Waals surface area contributed by atoms with Gasteiger partial charge in [0.15, 0.2) is 0 Å². The standard InChI is InChI=1S/C13H15N3OS/c1-9-3-5-11(17-9)8-16(2)10-4-6-12(13(14)18)15-7-10/h3-7H,8H2,1-2H3,(H2,14,18). The summed E-state index contributed by atoms with van der Waals surface area (Å²) in [4.78, 5) is 6.57. The second-order valence-corrected chi connectivity index (χ2v) is 4.57. The molecular weight excluding hydrogens is 246 g/mol. The molecule has 0 saturated heterocycles. The van der Waals surface area contributed by atoms with E-state index < -0.39 is 0 Å². The van der Waals surface area contributed by atoms with Gasteiger partial charge in [-0.2, -0.15) is 0 Å². The lowest BCUT2D eigenvalue weighted by Crippen LogP contribution is -2.17. The van der Waals surface area contributed by atoms with Gasteiger partial charge < -0.3 is 15.1 Å². The number of pyridine rings is 1. The van der Waals surface area contributed by atoms with E-state index in [-0.39, 0.29) is 0 Å². The van der Waals surface area contributed by atoms with Crippen molar-refractivity contribution < 1.29 is 4.42 Å². The van der Waals surface area contributed by atoms with Gasteiger partial charge in [-0.1, -0.05) is 12.2 Å². The second-order valence-electron chi connectivity index (χ2n) is 4.13. The Kier molecular flexibility index (Phi) is 3.62. The molecule has 0 radical (unpaired) electrons. The first kappa shape index (κ1) is 12.6. The van der Waals surface area contributed by atoms with E-state index in [1.807, 2.05) is 38.2 Å². The molecule has 94 valence electrons. The van der Waals surface area contributed by atoms with Crippen molar-refractivity contribution in [2.24, 2.45) is 5.73 Å². The van der Waals surface area contributed by atoms with Gasteiger partial charge in [0.2, 0.25) is 0 Å². The molecule has 0 aliphatic rings. The molecule has 0 amide bonds. The van der Waals surface area contributed by atoms with E-state index in [1.165, 1.54) is 0 Å². The Balaban J connectivity index is 2.09. The number of nitrogens with two attached hydrogens (primary N) is 1. The molecule has 2 aromatic heterocycles. The highest BCUT2D eigenvalue weighted by atomic mass is 32.1. The molecule has 2 N–H and O–H groups in total. The summed E-state index contributed by atoms with van der Waals surface area (Å²) in [5.74, 6) is 1.84. The molecule has 0 aromatic carbocycles. The lowest BCUT2D eigenvalue weighted by molar-refractivity contribution is 0.482. The van der Waals surface area contributed by atoms with Gasteiger partial charge in [0.25, 0.3) is 0 Å². The van der Waals surface area contributed by atoms with Gasteiger partial charge >= 0.3 is 0 Å². The Labute approximate surface area is 111 Å². The highest BCUT2D eigenvalue weighted by molar-refractivity contribution is 7.80. The van der Waals surface area contributed by atoms with Crippen LogP contribution in [0, 0.1) is 6.92 Å². The van der Waals surface area contributed by atoms with Crippen LogP contribution in [0.3, 0.4) is 0 Å². The van der Waals surface area contributed by atoms with Gasteiger partial charge in [0.1, 0.15) is 16.5 Å². The van der Waals surface area contributed by atoms with Crippen LogP contribution in [-0.2, 0) is 6.54 Å². The molecule has 0 bridgehead atoms. The predicted molar refractivity (Wildman–Crippen MR) is 75.7 cm³/mol. The minimum absolute atomic E-state index is 0.311. The van der Waals surface area contributed by atoms with Crippen molar-refractivity contribution in [1.82, 2.24) is 4.98 Å². The molecule has 18 heavy (non-hydrogen) atoms. The van der Waals surface area contributed by atoms with Crippen molar-refractivity contribution >= 4 is 22.9 Å². The molecule has 0 atom stereocenters. The Morgan fingerprint density at radius 3 is 2.67 bits per heavy atom. The fourth-order valence-electron chi connectivity index (χ4n) is 1.65. The van der Waals surface area contributed by atoms with Crippen LogP contribution in [0.1, 0.15) is 17.2 Å². The van der Waals surface area contributed by atoms with E-state index in [0.29, 0.717) is 17.2 Å². The summed E-state index contributed by atoms with van der Waals surface area (Å²) in [5, 5.41) is 0. The van der Waals surface area contributed by atoms with Crippen LogP contribution in [0.15, 0.2) is 34.9 Å². The Hall–Kier alpha value is -1.88. The summed E-state index contributed by atoms with van der Waals surface area (Å²) in [7, 11) is 1.98. The molecule has 2 aromatic rings. The fraction of sp³-hybridized carbons (Fsp3) is 0.231. The summed E-state index contributed by atoms with van der Waals surface area (Å²) in [5.41, 5.74) is 7.13. The molecule has 5 heteroatoms. The smallest absolute Gasteiger partial charge is 0.123 e.